The Morgan fingerprint density at radius 3 is 2.12 bits per heavy atom. The fourth-order valence-corrected chi connectivity index (χ4v) is 4.35. The minimum atomic E-state index is 0.593. The Labute approximate surface area is 110 Å². The zero-order valence-corrected chi connectivity index (χ0v) is 13.2. The van der Waals surface area contributed by atoms with Crippen molar-refractivity contribution in [2.24, 2.45) is 35.0 Å². The summed E-state index contributed by atoms with van der Waals surface area (Å²) in [6.07, 6.45) is 5.66. The molecule has 0 saturated heterocycles. The van der Waals surface area contributed by atoms with E-state index in [-0.39, 0.29) is 0 Å². The average Bonchev–Trinajstić information content (AvgIpc) is 2.25. The summed E-state index contributed by atoms with van der Waals surface area (Å²) >= 11 is 0. The molecule has 17 heavy (non-hydrogen) atoms. The van der Waals surface area contributed by atoms with Crippen LogP contribution in [-0.4, -0.2) is 0 Å². The molecule has 0 nitrogen and oxygen atoms in total. The molecule has 0 aromatic heterocycles. The van der Waals surface area contributed by atoms with Crippen LogP contribution < -0.4 is 0 Å². The van der Waals surface area contributed by atoms with Gasteiger partial charge < -0.3 is 0 Å². The second-order valence-corrected chi connectivity index (χ2v) is 7.43. The summed E-state index contributed by atoms with van der Waals surface area (Å²) in [5, 5.41) is 0. The standard InChI is InChI=1S/C17H34/c1-8-14(10-12(3)4)11-15-13(5)17(6,7)16(15)9-2/h12-16H,8-11H2,1-7H3. The van der Waals surface area contributed by atoms with Crippen molar-refractivity contribution in [3.05, 3.63) is 0 Å². The Hall–Kier alpha value is 0. The summed E-state index contributed by atoms with van der Waals surface area (Å²) in [6, 6.07) is 0. The van der Waals surface area contributed by atoms with E-state index in [0.717, 1.165) is 29.6 Å². The molecule has 0 aromatic rings. The highest BCUT2D eigenvalue weighted by molar-refractivity contribution is 5.00. The van der Waals surface area contributed by atoms with Gasteiger partial charge in [0.25, 0.3) is 0 Å². The Bertz CT molecular complexity index is 226. The molecule has 1 aliphatic carbocycles. The third-order valence-electron chi connectivity index (χ3n) is 5.72. The second-order valence-electron chi connectivity index (χ2n) is 7.43. The van der Waals surface area contributed by atoms with Gasteiger partial charge in [0, 0.05) is 0 Å². The van der Waals surface area contributed by atoms with Crippen LogP contribution >= 0.6 is 0 Å². The average molecular weight is 238 g/mol. The predicted octanol–water partition coefficient (Wildman–Crippen LogP) is 5.77. The maximum atomic E-state index is 2.49. The van der Waals surface area contributed by atoms with Crippen molar-refractivity contribution in [1.29, 1.82) is 0 Å². The Balaban J connectivity index is 2.56. The van der Waals surface area contributed by atoms with E-state index in [2.05, 4.69) is 48.5 Å². The van der Waals surface area contributed by atoms with Crippen molar-refractivity contribution < 1.29 is 0 Å². The third kappa shape index (κ3) is 3.06. The first-order valence-electron chi connectivity index (χ1n) is 7.84. The zero-order chi connectivity index (χ0) is 13.2. The monoisotopic (exact) mass is 238 g/mol. The van der Waals surface area contributed by atoms with E-state index in [4.69, 9.17) is 0 Å². The number of rotatable bonds is 6. The largest absolute Gasteiger partial charge is 0.0651 e. The molecule has 1 fully saturated rings. The first-order chi connectivity index (χ1) is 7.84. The predicted molar refractivity (Wildman–Crippen MR) is 78.1 cm³/mol. The lowest BCUT2D eigenvalue weighted by molar-refractivity contribution is -0.100. The zero-order valence-electron chi connectivity index (χ0n) is 13.2. The Kier molecular flexibility index (Phi) is 5.10. The van der Waals surface area contributed by atoms with E-state index in [1.54, 1.807) is 0 Å². The minimum Gasteiger partial charge on any atom is -0.0651 e. The molecule has 0 aliphatic heterocycles. The molecule has 4 atom stereocenters. The van der Waals surface area contributed by atoms with Crippen LogP contribution in [0.2, 0.25) is 0 Å². The van der Waals surface area contributed by atoms with E-state index in [1.807, 2.05) is 0 Å². The lowest BCUT2D eigenvalue weighted by Gasteiger charge is -2.59. The van der Waals surface area contributed by atoms with Gasteiger partial charge in [-0.25, -0.2) is 0 Å². The fraction of sp³-hybridized carbons (Fsp3) is 1.00. The van der Waals surface area contributed by atoms with Gasteiger partial charge in [-0.05, 0) is 47.8 Å². The van der Waals surface area contributed by atoms with Crippen molar-refractivity contribution in [3.8, 4) is 0 Å². The molecule has 0 amide bonds. The molecule has 0 N–H and O–H groups in total. The third-order valence-corrected chi connectivity index (χ3v) is 5.72. The topological polar surface area (TPSA) is 0 Å². The smallest absolute Gasteiger partial charge is 0.0295 e. The normalized spacial score (nSPS) is 33.5. The van der Waals surface area contributed by atoms with E-state index in [0.29, 0.717) is 5.41 Å². The maximum Gasteiger partial charge on any atom is -0.0295 e. The maximum absolute atomic E-state index is 2.49. The van der Waals surface area contributed by atoms with Crippen molar-refractivity contribution in [2.75, 3.05) is 0 Å². The molecule has 0 spiro atoms. The molecule has 1 aliphatic rings. The van der Waals surface area contributed by atoms with Crippen molar-refractivity contribution in [2.45, 2.75) is 74.1 Å². The lowest BCUT2D eigenvalue weighted by atomic mass is 9.46. The molecular weight excluding hydrogens is 204 g/mol. The lowest BCUT2D eigenvalue weighted by Crippen LogP contribution is -2.52. The summed E-state index contributed by atoms with van der Waals surface area (Å²) in [7, 11) is 0. The first-order valence-corrected chi connectivity index (χ1v) is 7.84. The van der Waals surface area contributed by atoms with Crippen LogP contribution in [0.1, 0.15) is 74.1 Å². The van der Waals surface area contributed by atoms with Crippen LogP contribution in [0, 0.1) is 35.0 Å². The molecule has 0 aromatic carbocycles. The van der Waals surface area contributed by atoms with Crippen LogP contribution in [-0.2, 0) is 0 Å². The van der Waals surface area contributed by atoms with Crippen LogP contribution in [0.15, 0.2) is 0 Å². The molecule has 0 heterocycles. The van der Waals surface area contributed by atoms with Crippen LogP contribution in [0.3, 0.4) is 0 Å². The first kappa shape index (κ1) is 15.1. The summed E-state index contributed by atoms with van der Waals surface area (Å²) < 4.78 is 0. The van der Waals surface area contributed by atoms with Gasteiger partial charge in [-0.1, -0.05) is 61.3 Å². The van der Waals surface area contributed by atoms with E-state index < -0.39 is 0 Å². The van der Waals surface area contributed by atoms with Gasteiger partial charge in [0.1, 0.15) is 0 Å². The fourth-order valence-electron chi connectivity index (χ4n) is 4.35. The van der Waals surface area contributed by atoms with Gasteiger partial charge in [0.2, 0.25) is 0 Å². The van der Waals surface area contributed by atoms with Crippen LogP contribution in [0.4, 0.5) is 0 Å². The van der Waals surface area contributed by atoms with Gasteiger partial charge in [-0.3, -0.25) is 0 Å². The quantitative estimate of drug-likeness (QED) is 0.551. The van der Waals surface area contributed by atoms with Gasteiger partial charge in [0.05, 0.1) is 0 Å². The second kappa shape index (κ2) is 5.76. The Morgan fingerprint density at radius 2 is 1.71 bits per heavy atom. The highest BCUT2D eigenvalue weighted by Gasteiger charge is 2.52. The molecular formula is C17H34. The van der Waals surface area contributed by atoms with Crippen molar-refractivity contribution in [3.63, 3.8) is 0 Å². The number of hydrogen-bond acceptors (Lipinski definition) is 0. The highest BCUT2D eigenvalue weighted by Crippen LogP contribution is 2.59. The minimum absolute atomic E-state index is 0.593. The molecule has 1 saturated carbocycles. The molecule has 1 rings (SSSR count). The molecule has 0 heteroatoms. The highest BCUT2D eigenvalue weighted by atomic mass is 14.6. The van der Waals surface area contributed by atoms with E-state index in [1.165, 1.54) is 25.7 Å². The number of hydrogen-bond donors (Lipinski definition) is 0. The van der Waals surface area contributed by atoms with Gasteiger partial charge in [-0.2, -0.15) is 0 Å². The SMILES string of the molecule is CCC(CC(C)C)CC1C(C)C(C)(C)C1CC. The van der Waals surface area contributed by atoms with Gasteiger partial charge in [-0.15, -0.1) is 0 Å². The van der Waals surface area contributed by atoms with Gasteiger partial charge >= 0.3 is 0 Å². The van der Waals surface area contributed by atoms with Gasteiger partial charge in [0.15, 0.2) is 0 Å². The van der Waals surface area contributed by atoms with E-state index >= 15 is 0 Å². The van der Waals surface area contributed by atoms with Crippen LogP contribution in [0.5, 0.6) is 0 Å². The van der Waals surface area contributed by atoms with Crippen molar-refractivity contribution in [1.82, 2.24) is 0 Å². The summed E-state index contributed by atoms with van der Waals surface area (Å²) in [5.74, 6) is 4.72. The Morgan fingerprint density at radius 1 is 1.12 bits per heavy atom. The molecule has 4 unspecified atom stereocenters. The molecule has 102 valence electrons. The van der Waals surface area contributed by atoms with E-state index in [9.17, 15) is 0 Å². The van der Waals surface area contributed by atoms with Crippen LogP contribution in [0.25, 0.3) is 0 Å². The van der Waals surface area contributed by atoms with Crippen molar-refractivity contribution >= 4 is 0 Å². The summed E-state index contributed by atoms with van der Waals surface area (Å²) in [6.45, 7) is 16.9. The summed E-state index contributed by atoms with van der Waals surface area (Å²) in [5.41, 5.74) is 0.593. The molecule has 0 bridgehead atoms. The summed E-state index contributed by atoms with van der Waals surface area (Å²) in [4.78, 5) is 0. The molecule has 0 radical (unpaired) electrons.